The molecule has 0 aliphatic heterocycles. The average Bonchev–Trinajstić information content (AvgIpc) is 2.41. The monoisotopic (exact) mass is 329 g/mol. The normalized spacial score (nSPS) is 12.3. The molecule has 22 heavy (non-hydrogen) atoms. The maximum Gasteiger partial charge on any atom is 0.408 e. The van der Waals surface area contributed by atoms with E-state index in [0.29, 0.717) is 5.56 Å². The van der Waals surface area contributed by atoms with Crippen LogP contribution in [0.1, 0.15) is 5.56 Å². The van der Waals surface area contributed by atoms with Crippen molar-refractivity contribution >= 4 is 19.7 Å². The molecule has 0 radical (unpaired) electrons. The van der Waals surface area contributed by atoms with Gasteiger partial charge in [0.1, 0.15) is 6.61 Å². The van der Waals surface area contributed by atoms with Gasteiger partial charge in [-0.15, -0.1) is 0 Å². The van der Waals surface area contributed by atoms with Gasteiger partial charge in [0.15, 0.2) is 6.04 Å². The third-order valence-electron chi connectivity index (χ3n) is 2.54. The van der Waals surface area contributed by atoms with Gasteiger partial charge in [0.2, 0.25) is 0 Å². The Morgan fingerprint density at radius 1 is 1.27 bits per heavy atom. The van der Waals surface area contributed by atoms with E-state index in [9.17, 15) is 14.2 Å². The molecule has 0 fully saturated rings. The number of carbonyl (C=O) groups is 2. The highest BCUT2D eigenvalue weighted by Crippen LogP contribution is 2.37. The first kappa shape index (κ1) is 17.9. The Kier molecular flexibility index (Phi) is 6.30. The van der Waals surface area contributed by atoms with E-state index in [1.807, 2.05) is 5.32 Å². The number of carbonyl (C=O) groups excluding carboxylic acids is 1. The Bertz CT molecular complexity index is 596. The quantitative estimate of drug-likeness (QED) is 0.435. The van der Waals surface area contributed by atoms with Crippen LogP contribution in [0.3, 0.4) is 0 Å². The average molecular weight is 329 g/mol. The minimum Gasteiger partial charge on any atom is -0.479 e. The van der Waals surface area contributed by atoms with Gasteiger partial charge in [-0.25, -0.2) is 9.59 Å². The highest BCUT2D eigenvalue weighted by molar-refractivity contribution is 7.52. The molecule has 1 rings (SSSR count). The predicted molar refractivity (Wildman–Crippen MR) is 77.2 cm³/mol. The van der Waals surface area contributed by atoms with Crippen molar-refractivity contribution in [2.75, 3.05) is 6.16 Å². The van der Waals surface area contributed by atoms with Gasteiger partial charge in [-0.1, -0.05) is 36.9 Å². The Balaban J connectivity index is 2.59. The summed E-state index contributed by atoms with van der Waals surface area (Å²) in [5.41, 5.74) is 0.385. The van der Waals surface area contributed by atoms with Crippen LogP contribution in [0.15, 0.2) is 42.5 Å². The topological polar surface area (TPSA) is 133 Å². The number of carboxylic acid groups (broad SMARTS) is 1. The molecule has 1 amide bonds. The molecule has 0 aromatic heterocycles. The molecule has 0 saturated heterocycles. The van der Waals surface area contributed by atoms with Crippen LogP contribution < -0.4 is 5.32 Å². The van der Waals surface area contributed by atoms with Crippen LogP contribution in [0.5, 0.6) is 0 Å². The summed E-state index contributed by atoms with van der Waals surface area (Å²) < 4.78 is 15.7. The van der Waals surface area contributed by atoms with E-state index in [4.69, 9.17) is 19.6 Å². The Labute approximate surface area is 126 Å². The van der Waals surface area contributed by atoms with E-state index >= 15 is 0 Å². The number of rotatable bonds is 7. The molecule has 9 heteroatoms. The summed E-state index contributed by atoms with van der Waals surface area (Å²) in [5, 5.41) is 11.0. The maximum absolute atomic E-state index is 11.6. The van der Waals surface area contributed by atoms with Gasteiger partial charge in [-0.3, -0.25) is 4.57 Å². The molecule has 0 unspecified atom stereocenters. The molecule has 0 spiro atoms. The fraction of sp³-hybridized carbons (Fsp3) is 0.231. The van der Waals surface area contributed by atoms with E-state index in [0.717, 1.165) is 0 Å². The van der Waals surface area contributed by atoms with E-state index in [2.05, 4.69) is 6.58 Å². The van der Waals surface area contributed by atoms with Crippen molar-refractivity contribution in [3.63, 3.8) is 0 Å². The van der Waals surface area contributed by atoms with Crippen molar-refractivity contribution in [2.24, 2.45) is 0 Å². The first-order valence-electron chi connectivity index (χ1n) is 6.11. The van der Waals surface area contributed by atoms with Crippen LogP contribution in [-0.2, 0) is 20.7 Å². The summed E-state index contributed by atoms with van der Waals surface area (Å²) in [7, 11) is -4.48. The number of amides is 1. The number of nitrogens with one attached hydrogen (secondary N) is 1. The highest BCUT2D eigenvalue weighted by atomic mass is 31.2. The van der Waals surface area contributed by atoms with Crippen molar-refractivity contribution in [1.29, 1.82) is 0 Å². The third kappa shape index (κ3) is 6.53. The van der Waals surface area contributed by atoms with Crippen molar-refractivity contribution in [3.05, 3.63) is 48.0 Å². The standard InChI is InChI=1S/C13H16NO7P/c1-9(8-22(18,19)20)11(12(15)16)14-13(17)21-7-10-5-3-2-4-6-10/h2-6,11H,1,7-8H2,(H,14,17)(H,15,16)(H2,18,19,20)/t11-/m0/s1. The molecule has 1 atom stereocenters. The van der Waals surface area contributed by atoms with Crippen LogP contribution in [0.25, 0.3) is 0 Å². The first-order valence-corrected chi connectivity index (χ1v) is 7.91. The van der Waals surface area contributed by atoms with Crippen LogP contribution >= 0.6 is 7.60 Å². The molecule has 4 N–H and O–H groups in total. The van der Waals surface area contributed by atoms with Crippen LogP contribution in [-0.4, -0.2) is 39.2 Å². The number of hydrogen-bond donors (Lipinski definition) is 4. The van der Waals surface area contributed by atoms with E-state index in [1.165, 1.54) is 0 Å². The van der Waals surface area contributed by atoms with Gasteiger partial charge in [0.05, 0.1) is 6.16 Å². The number of ether oxygens (including phenoxy) is 1. The lowest BCUT2D eigenvalue weighted by Crippen LogP contribution is -2.42. The summed E-state index contributed by atoms with van der Waals surface area (Å²) in [6, 6.07) is 7.08. The highest BCUT2D eigenvalue weighted by Gasteiger charge is 2.28. The van der Waals surface area contributed by atoms with Gasteiger partial charge >= 0.3 is 19.7 Å². The molecule has 0 aliphatic carbocycles. The molecule has 8 nitrogen and oxygen atoms in total. The first-order chi connectivity index (χ1) is 10.2. The summed E-state index contributed by atoms with van der Waals surface area (Å²) in [6.45, 7) is 3.22. The molecule has 1 aromatic carbocycles. The second kappa shape index (κ2) is 7.74. The minimum atomic E-state index is -4.48. The van der Waals surface area contributed by atoms with Gasteiger partial charge in [0, 0.05) is 0 Å². The molecule has 120 valence electrons. The number of benzene rings is 1. The predicted octanol–water partition coefficient (Wildman–Crippen LogP) is 1.10. The number of alkyl carbamates (subject to hydrolysis) is 1. The molecular weight excluding hydrogens is 313 g/mol. The molecule has 0 heterocycles. The van der Waals surface area contributed by atoms with Crippen LogP contribution in [0.2, 0.25) is 0 Å². The maximum atomic E-state index is 11.6. The summed E-state index contributed by atoms with van der Waals surface area (Å²) >= 11 is 0. The van der Waals surface area contributed by atoms with E-state index in [-0.39, 0.29) is 12.2 Å². The lowest BCUT2D eigenvalue weighted by Gasteiger charge is -2.17. The Hall–Kier alpha value is -2.15. The Morgan fingerprint density at radius 2 is 1.86 bits per heavy atom. The molecular formula is C13H16NO7P. The fourth-order valence-corrected chi connectivity index (χ4v) is 2.29. The van der Waals surface area contributed by atoms with Crippen LogP contribution in [0.4, 0.5) is 4.79 Å². The molecule has 0 bridgehead atoms. The second-order valence-corrected chi connectivity index (χ2v) is 6.10. The lowest BCUT2D eigenvalue weighted by atomic mass is 10.1. The fourth-order valence-electron chi connectivity index (χ4n) is 1.58. The number of hydrogen-bond acceptors (Lipinski definition) is 4. The van der Waals surface area contributed by atoms with Crippen molar-refractivity contribution in [2.45, 2.75) is 12.6 Å². The zero-order chi connectivity index (χ0) is 16.8. The Morgan fingerprint density at radius 3 is 2.36 bits per heavy atom. The second-order valence-electron chi connectivity index (χ2n) is 4.46. The van der Waals surface area contributed by atoms with Crippen LogP contribution in [0, 0.1) is 0 Å². The smallest absolute Gasteiger partial charge is 0.408 e. The molecule has 0 saturated carbocycles. The van der Waals surface area contributed by atoms with Gasteiger partial charge in [-0.05, 0) is 11.1 Å². The van der Waals surface area contributed by atoms with E-state index < -0.39 is 31.9 Å². The van der Waals surface area contributed by atoms with Gasteiger partial charge < -0.3 is 24.9 Å². The van der Waals surface area contributed by atoms with E-state index in [1.54, 1.807) is 30.3 Å². The van der Waals surface area contributed by atoms with Crippen molar-refractivity contribution in [1.82, 2.24) is 5.32 Å². The van der Waals surface area contributed by atoms with Gasteiger partial charge in [-0.2, -0.15) is 0 Å². The third-order valence-corrected chi connectivity index (χ3v) is 3.36. The number of carboxylic acids is 1. The number of aliphatic carboxylic acids is 1. The van der Waals surface area contributed by atoms with Gasteiger partial charge in [0.25, 0.3) is 0 Å². The van der Waals surface area contributed by atoms with Crippen molar-refractivity contribution in [3.8, 4) is 0 Å². The molecule has 0 aliphatic rings. The summed E-state index contributed by atoms with van der Waals surface area (Å²) in [5.74, 6) is -1.49. The van der Waals surface area contributed by atoms with Crippen molar-refractivity contribution < 1.29 is 33.8 Å². The summed E-state index contributed by atoms with van der Waals surface area (Å²) in [4.78, 5) is 40.3. The minimum absolute atomic E-state index is 0.0655. The summed E-state index contributed by atoms with van der Waals surface area (Å²) in [6.07, 6.45) is -1.87. The lowest BCUT2D eigenvalue weighted by molar-refractivity contribution is -0.138. The zero-order valence-corrected chi connectivity index (χ0v) is 12.4. The largest absolute Gasteiger partial charge is 0.479 e. The molecule has 1 aromatic rings. The SMILES string of the molecule is C=C(CP(=O)(O)O)[C@H](NC(=O)OCc1ccccc1)C(=O)O. The zero-order valence-electron chi connectivity index (χ0n) is 11.5.